The van der Waals surface area contributed by atoms with Crippen molar-refractivity contribution < 1.29 is 35.7 Å². The van der Waals surface area contributed by atoms with E-state index in [1.165, 1.54) is 462 Å². The molecule has 0 heterocycles. The minimum atomic E-state index is -0.455. The minimum Gasteiger partial charge on any atom is -0.396 e. The lowest BCUT2D eigenvalue weighted by Gasteiger charge is -2.22. The van der Waals surface area contributed by atoms with Crippen LogP contribution in [0.4, 0.5) is 0 Å². The van der Waals surface area contributed by atoms with Crippen LogP contribution in [0, 0.1) is 17.8 Å². The molecular weight excluding hydrogens is 1430 g/mol. The standard InChI is InChI=1S/C23H48O.C21H44O.C19H40O.3C12H26O.C11H24O/c1-4-7-10-13-14-16-19-22(18-15-11-8-5-2)21-23(24)20-17-12-9-6-3;1-3-5-7-9-11-12-14-16-18-21(19-20-22)17-15-13-10-8-6-4-2;1-3-5-7-9-10-11-12-14-16-19(17-18-20)15-13-8-6-4-2;1-4-5-6-7-8-9-10-11-12(2,3)13;1-4-6-7-8-9-10-11-12(3,13)5-2;1-4-6-7-8-9-11-12(3,13)10-5-2;1-2-3-4-5-6-7-8-9-10-11-12/h22-24H,4-21H2,1-3H3;21-22H,3-20H2,1-2H3;19-20H,3-18H2,1-2H3;3*13H,4-11H2,1-3H3;12H,2-11H2,1H3. The number of unbranched alkanes of at least 4 members (excludes halogenated alkanes) is 56. The first-order chi connectivity index (χ1) is 56.6. The van der Waals surface area contributed by atoms with E-state index >= 15 is 0 Å². The van der Waals surface area contributed by atoms with Gasteiger partial charge in [-0.05, 0) is 110 Å². The molecule has 7 nitrogen and oxygen atoms in total. The van der Waals surface area contributed by atoms with Crippen LogP contribution in [0.25, 0.3) is 0 Å². The van der Waals surface area contributed by atoms with Crippen molar-refractivity contribution in [2.75, 3.05) is 19.8 Å². The molecule has 0 saturated carbocycles. The fourth-order valence-electron chi connectivity index (χ4n) is 16.4. The van der Waals surface area contributed by atoms with E-state index in [2.05, 4.69) is 90.0 Å². The highest BCUT2D eigenvalue weighted by atomic mass is 16.3. The van der Waals surface area contributed by atoms with Gasteiger partial charge >= 0.3 is 0 Å². The Morgan fingerprint density at radius 1 is 0.179 bits per heavy atom. The molecule has 0 saturated heterocycles. The van der Waals surface area contributed by atoms with Crippen LogP contribution in [0.3, 0.4) is 0 Å². The van der Waals surface area contributed by atoms with Crippen molar-refractivity contribution in [3.63, 3.8) is 0 Å². The number of rotatable bonds is 86. The highest BCUT2D eigenvalue weighted by molar-refractivity contribution is 4.73. The summed E-state index contributed by atoms with van der Waals surface area (Å²) in [5, 5.41) is 66.4. The van der Waals surface area contributed by atoms with Gasteiger partial charge < -0.3 is 35.7 Å². The monoisotopic (exact) mass is 1670 g/mol. The molecule has 7 N–H and O–H groups in total. The van der Waals surface area contributed by atoms with E-state index in [9.17, 15) is 25.5 Å². The van der Waals surface area contributed by atoms with Crippen molar-refractivity contribution in [1.82, 2.24) is 0 Å². The first kappa shape index (κ1) is 130. The Bertz CT molecular complexity index is 1600. The van der Waals surface area contributed by atoms with Crippen LogP contribution in [-0.2, 0) is 0 Å². The molecule has 0 aliphatic rings. The Morgan fingerprint density at radius 3 is 0.598 bits per heavy atom. The lowest BCUT2D eigenvalue weighted by molar-refractivity contribution is 0.0385. The van der Waals surface area contributed by atoms with Gasteiger partial charge in [0.1, 0.15) is 0 Å². The Morgan fingerprint density at radius 2 is 0.376 bits per heavy atom. The van der Waals surface area contributed by atoms with Crippen molar-refractivity contribution in [1.29, 1.82) is 0 Å². The summed E-state index contributed by atoms with van der Waals surface area (Å²) in [6.45, 7) is 37.9. The van der Waals surface area contributed by atoms with Gasteiger partial charge in [0.2, 0.25) is 0 Å². The van der Waals surface area contributed by atoms with Gasteiger partial charge in [0.05, 0.1) is 22.9 Å². The molecule has 6 unspecified atom stereocenters. The highest BCUT2D eigenvalue weighted by Crippen LogP contribution is 2.28. The molecule has 0 aromatic rings. The highest BCUT2D eigenvalue weighted by Gasteiger charge is 2.19. The lowest BCUT2D eigenvalue weighted by atomic mass is 9.88. The Hall–Kier alpha value is -0.280. The van der Waals surface area contributed by atoms with Crippen molar-refractivity contribution in [3.05, 3.63) is 0 Å². The molecule has 7 heteroatoms. The van der Waals surface area contributed by atoms with Crippen LogP contribution in [0.5, 0.6) is 0 Å². The fraction of sp³-hybridized carbons (Fsp3) is 1.00. The van der Waals surface area contributed by atoms with Gasteiger partial charge in [0.25, 0.3) is 0 Å². The molecule has 0 fully saturated rings. The zero-order valence-corrected chi connectivity index (χ0v) is 84.8. The quantitative estimate of drug-likeness (QED) is 0.0301. The maximum atomic E-state index is 10.4. The molecule has 716 valence electrons. The normalized spacial score (nSPS) is 13.3. The molecule has 0 radical (unpaired) electrons. The SMILES string of the molecule is CCCCCCCC(C)(O)CCC.CCCCCCCCC(C)(O)CC.CCCCCCCCC(CCCCCC)CC(O)CCCCCC.CCCCCCCCCC(C)(C)O.CCCCCCCCCCC(CCO)CCCCCC.CCCCCCCCCCC(CCO)CCCCCCCC.CCCCCCCCCCCO. The molecule has 0 aromatic carbocycles. The average molecular weight is 1670 g/mol. The van der Waals surface area contributed by atoms with E-state index < -0.39 is 16.8 Å². The van der Waals surface area contributed by atoms with Crippen molar-refractivity contribution in [2.45, 2.75) is 674 Å². The van der Waals surface area contributed by atoms with Crippen LogP contribution in [0.2, 0.25) is 0 Å². The molecule has 117 heavy (non-hydrogen) atoms. The number of aliphatic hydroxyl groups is 7. The topological polar surface area (TPSA) is 142 Å². The molecule has 0 aromatic heterocycles. The Balaban J connectivity index is -0.000000245. The van der Waals surface area contributed by atoms with Gasteiger partial charge in [-0.3, -0.25) is 0 Å². The predicted octanol–water partition coefficient (Wildman–Crippen LogP) is 37.0. The molecule has 0 aliphatic carbocycles. The maximum absolute atomic E-state index is 10.4. The van der Waals surface area contributed by atoms with Crippen LogP contribution in [0.1, 0.15) is 651 Å². The zero-order valence-electron chi connectivity index (χ0n) is 84.8. The third-order valence-electron chi connectivity index (χ3n) is 25.0. The number of hydrogen-bond donors (Lipinski definition) is 7. The van der Waals surface area contributed by atoms with Crippen LogP contribution < -0.4 is 0 Å². The predicted molar refractivity (Wildman–Crippen MR) is 532 cm³/mol. The van der Waals surface area contributed by atoms with E-state index in [0.717, 1.165) is 88.4 Å². The summed E-state index contributed by atoms with van der Waals surface area (Å²) in [5.74, 6) is 2.35. The van der Waals surface area contributed by atoms with Gasteiger partial charge in [-0.25, -0.2) is 0 Å². The van der Waals surface area contributed by atoms with Crippen LogP contribution in [-0.4, -0.2) is 78.5 Å². The van der Waals surface area contributed by atoms with E-state index in [4.69, 9.17) is 10.2 Å². The maximum Gasteiger partial charge on any atom is 0.0619 e. The summed E-state index contributed by atoms with van der Waals surface area (Å²) in [6, 6.07) is 0. The molecule has 0 rings (SSSR count). The second-order valence-electron chi connectivity index (χ2n) is 38.7. The van der Waals surface area contributed by atoms with Crippen LogP contribution >= 0.6 is 0 Å². The first-order valence-electron chi connectivity index (χ1n) is 54.3. The van der Waals surface area contributed by atoms with E-state index in [1.807, 2.05) is 27.7 Å². The summed E-state index contributed by atoms with van der Waals surface area (Å²) in [4.78, 5) is 0. The average Bonchev–Trinajstić information content (AvgIpc) is 0.977. The largest absolute Gasteiger partial charge is 0.396 e. The smallest absolute Gasteiger partial charge is 0.0619 e. The summed E-state index contributed by atoms with van der Waals surface area (Å²) in [6.07, 6.45) is 109. The van der Waals surface area contributed by atoms with Gasteiger partial charge in [0, 0.05) is 19.8 Å². The second-order valence-corrected chi connectivity index (χ2v) is 38.7. The molecule has 0 bridgehead atoms. The number of aliphatic hydroxyl groups excluding tert-OH is 4. The van der Waals surface area contributed by atoms with Crippen molar-refractivity contribution >= 4 is 0 Å². The number of hydrogen-bond acceptors (Lipinski definition) is 7. The summed E-state index contributed by atoms with van der Waals surface area (Å²) in [5.41, 5.74) is -1.27. The second kappa shape index (κ2) is 114. The van der Waals surface area contributed by atoms with Crippen molar-refractivity contribution in [3.8, 4) is 0 Å². The third kappa shape index (κ3) is 131. The summed E-state index contributed by atoms with van der Waals surface area (Å²) >= 11 is 0. The minimum absolute atomic E-state index is 0.0434. The van der Waals surface area contributed by atoms with Gasteiger partial charge in [0.15, 0.2) is 0 Å². The lowest BCUT2D eigenvalue weighted by Crippen LogP contribution is -2.23. The molecule has 0 amide bonds. The van der Waals surface area contributed by atoms with Gasteiger partial charge in [-0.15, -0.1) is 0 Å². The zero-order chi connectivity index (χ0) is 88.6. The Labute approximate surface area is 742 Å². The van der Waals surface area contributed by atoms with Gasteiger partial charge in [-0.2, -0.15) is 0 Å². The molecule has 0 aliphatic heterocycles. The van der Waals surface area contributed by atoms with E-state index in [-0.39, 0.29) is 6.10 Å². The summed E-state index contributed by atoms with van der Waals surface area (Å²) < 4.78 is 0. The van der Waals surface area contributed by atoms with Crippen LogP contribution in [0.15, 0.2) is 0 Å². The fourth-order valence-corrected chi connectivity index (χ4v) is 16.4. The first-order valence-corrected chi connectivity index (χ1v) is 54.3. The third-order valence-corrected chi connectivity index (χ3v) is 25.0. The molecular formula is C110H234O7. The van der Waals surface area contributed by atoms with E-state index in [0.29, 0.717) is 19.8 Å². The van der Waals surface area contributed by atoms with Crippen molar-refractivity contribution in [2.24, 2.45) is 17.8 Å². The van der Waals surface area contributed by atoms with Gasteiger partial charge in [-0.1, -0.05) is 559 Å². The summed E-state index contributed by atoms with van der Waals surface area (Å²) in [7, 11) is 0. The molecule has 0 spiro atoms. The van der Waals surface area contributed by atoms with E-state index in [1.54, 1.807) is 0 Å². The molecule has 6 atom stereocenters. The Kier molecular flexibility index (Phi) is 126.